The van der Waals surface area contributed by atoms with Crippen LogP contribution in [0.5, 0.6) is 0 Å². The third-order valence-electron chi connectivity index (χ3n) is 19.4. The highest BCUT2D eigenvalue weighted by Crippen LogP contribution is 2.50. The molecule has 6 aromatic rings. The van der Waals surface area contributed by atoms with E-state index in [9.17, 15) is 0 Å². The molecule has 0 N–H and O–H groups in total. The Morgan fingerprint density at radius 3 is 1.00 bits per heavy atom. The SMILES string of the molecule is BBB(B(B)B)c1c(B(B(B)B)B(B)B)c(C)c2c(C)c(C)c(-c3c(C)c(C)c(C)c4c(C)c5c(-c6c(C)c(C)c(C)c(C)c6C)c(C)c(C)c(C)c5c(C)c34)c(B(B)BB)c2c1B(B)B(B)B. The fraction of sp³-hybridized carbons (Fsp3) is 0.348. The normalized spacial score (nSPS) is 11.4. The summed E-state index contributed by atoms with van der Waals surface area (Å²) in [5.74, 6) is 0. The second-order valence-corrected chi connectivity index (χ2v) is 24.0. The van der Waals surface area contributed by atoms with Crippen LogP contribution in [-0.4, -0.2) is 158 Å². The number of fused-ring (bicyclic) bond motifs is 3. The summed E-state index contributed by atoms with van der Waals surface area (Å²) in [4.78, 5) is 0. The zero-order valence-electron chi connectivity index (χ0n) is 49.0. The van der Waals surface area contributed by atoms with Crippen molar-refractivity contribution in [2.75, 3.05) is 0 Å². The fourth-order valence-electron chi connectivity index (χ4n) is 14.2. The van der Waals surface area contributed by atoms with Gasteiger partial charge in [-0.25, -0.2) is 0 Å². The van der Waals surface area contributed by atoms with E-state index < -0.39 is 0 Å². The van der Waals surface area contributed by atoms with Crippen LogP contribution in [0.25, 0.3) is 54.6 Å². The van der Waals surface area contributed by atoms with Gasteiger partial charge in [0.25, 0.3) is 0 Å². The molecule has 0 spiro atoms. The molecule has 0 bridgehead atoms. The van der Waals surface area contributed by atoms with Crippen LogP contribution in [0, 0.1) is 111 Å². The van der Waals surface area contributed by atoms with Crippen molar-refractivity contribution < 1.29 is 0 Å². The van der Waals surface area contributed by atoms with Gasteiger partial charge in [0.1, 0.15) is 0 Å². The number of rotatable bonds is 12. The minimum atomic E-state index is 0.364. The summed E-state index contributed by atoms with van der Waals surface area (Å²) in [6.07, 6.45) is 2.12. The van der Waals surface area contributed by atoms with E-state index in [1.54, 1.807) is 38.2 Å². The maximum atomic E-state index is 2.59. The lowest BCUT2D eigenvalue weighted by atomic mass is 8.70. The third kappa shape index (κ3) is 8.25. The summed E-state index contributed by atoms with van der Waals surface area (Å²) in [6, 6.07) is 0. The quantitative estimate of drug-likeness (QED) is 0.0855. The lowest BCUT2D eigenvalue weighted by molar-refractivity contribution is 1.17. The standard InChI is InChI=1S/C46H74B22/c1-17-18(2)22(6)33(23(7)19(17)3)37-26(10)20(4)24(8)34-31(15)40-35(30(14)39(34)37)25(9)21(5)27(11)38(40)41-29(13)28(12)36-32(16)43(64(67(55)56)68(57)58)46(63(60-48)66(53)54)45(62(50)65(51)52)42(36)44(41)61(49)59-47/h59-60H,47-58H2,1-16H3. The highest BCUT2D eigenvalue weighted by atomic mass is 14.3. The van der Waals surface area contributed by atoms with E-state index in [0.29, 0.717) is 51.5 Å². The molecule has 0 heterocycles. The van der Waals surface area contributed by atoms with Gasteiger partial charge in [0.2, 0.25) is 0 Å². The molecular weight excluding hydrogens is 790 g/mol. The van der Waals surface area contributed by atoms with Gasteiger partial charge in [-0.15, -0.1) is 10.9 Å². The first-order valence-electron chi connectivity index (χ1n) is 27.2. The van der Waals surface area contributed by atoms with E-state index >= 15 is 0 Å². The molecule has 0 radical (unpaired) electrons. The van der Waals surface area contributed by atoms with E-state index in [4.69, 9.17) is 0 Å². The second-order valence-electron chi connectivity index (χ2n) is 24.0. The molecule has 0 aliphatic carbocycles. The minimum absolute atomic E-state index is 0.364. The van der Waals surface area contributed by atoms with E-state index in [1.807, 2.05) is 0 Å². The van der Waals surface area contributed by atoms with Gasteiger partial charge < -0.3 is 0 Å². The van der Waals surface area contributed by atoms with Crippen molar-refractivity contribution in [3.05, 3.63) is 89.0 Å². The molecule has 0 aromatic heterocycles. The molecule has 0 unspecified atom stereocenters. The van der Waals surface area contributed by atoms with Crippen molar-refractivity contribution in [2.24, 2.45) is 0 Å². The molecule has 0 amide bonds. The molecule has 0 saturated carbocycles. The van der Waals surface area contributed by atoms with Crippen LogP contribution in [0.2, 0.25) is 0 Å². The van der Waals surface area contributed by atoms with Gasteiger partial charge in [-0.05, 0) is 249 Å². The van der Waals surface area contributed by atoms with Crippen LogP contribution in [0.15, 0.2) is 0 Å². The van der Waals surface area contributed by atoms with Crippen LogP contribution in [-0.2, 0) is 0 Å². The zero-order chi connectivity index (χ0) is 51.4. The Hall–Kier alpha value is -2.47. The molecule has 6 rings (SSSR count). The lowest BCUT2D eigenvalue weighted by Crippen LogP contribution is -2.74. The number of benzene rings is 6. The van der Waals surface area contributed by atoms with Crippen LogP contribution in [0.1, 0.15) is 89.0 Å². The smallest absolute Gasteiger partial charge is 0.0976 e. The molecule has 0 aliphatic heterocycles. The fourth-order valence-corrected chi connectivity index (χ4v) is 14.2. The van der Waals surface area contributed by atoms with Crippen LogP contribution in [0.4, 0.5) is 0 Å². The van der Waals surface area contributed by atoms with Gasteiger partial charge in [0, 0.05) is 25.5 Å². The Bertz CT molecular complexity index is 3030. The first kappa shape index (κ1) is 54.9. The summed E-state index contributed by atoms with van der Waals surface area (Å²) in [6.45, 7) is 40.6. The molecule has 324 valence electrons. The first-order chi connectivity index (χ1) is 31.6. The molecule has 0 aliphatic rings. The number of hydrogen-bond acceptors (Lipinski definition) is 0. The Balaban J connectivity index is 2.05. The Morgan fingerprint density at radius 1 is 0.265 bits per heavy atom. The van der Waals surface area contributed by atoms with Gasteiger partial charge in [0.15, 0.2) is 0 Å². The predicted molar refractivity (Wildman–Crippen MR) is 367 cm³/mol. The third-order valence-corrected chi connectivity index (χ3v) is 19.4. The highest BCUT2D eigenvalue weighted by Gasteiger charge is 2.39. The van der Waals surface area contributed by atoms with Crippen LogP contribution >= 0.6 is 0 Å². The summed E-state index contributed by atoms with van der Waals surface area (Å²) < 4.78 is 0. The van der Waals surface area contributed by atoms with Gasteiger partial charge in [-0.3, -0.25) is 0 Å². The Labute approximate surface area is 431 Å². The largest absolute Gasteiger partial charge is 0.112 e. The summed E-state index contributed by atoms with van der Waals surface area (Å²) in [5, 5.41) is 9.01. The molecular formula is C46H74B22. The van der Waals surface area contributed by atoms with Gasteiger partial charge in [-0.1, -0.05) is 16.5 Å². The summed E-state index contributed by atoms with van der Waals surface area (Å²) >= 11 is 0. The van der Waals surface area contributed by atoms with E-state index in [2.05, 4.69) is 204 Å². The minimum Gasteiger partial charge on any atom is -0.112 e. The van der Waals surface area contributed by atoms with Crippen molar-refractivity contribution in [1.82, 2.24) is 0 Å². The molecule has 68 heavy (non-hydrogen) atoms. The second kappa shape index (κ2) is 20.2. The molecule has 0 fully saturated rings. The first-order valence-corrected chi connectivity index (χ1v) is 27.2. The van der Waals surface area contributed by atoms with Gasteiger partial charge in [0.05, 0.1) is 133 Å². The van der Waals surface area contributed by atoms with E-state index in [1.165, 1.54) is 127 Å². The van der Waals surface area contributed by atoms with Crippen molar-refractivity contribution in [1.29, 1.82) is 0 Å². The van der Waals surface area contributed by atoms with Crippen molar-refractivity contribution in [3.63, 3.8) is 0 Å². The van der Waals surface area contributed by atoms with Crippen LogP contribution in [0.3, 0.4) is 0 Å². The summed E-state index contributed by atoms with van der Waals surface area (Å²) in [7, 11) is 32.3. The maximum absolute atomic E-state index is 2.59. The Kier molecular flexibility index (Phi) is 16.3. The van der Waals surface area contributed by atoms with Crippen molar-refractivity contribution in [2.45, 2.75) is 111 Å². The van der Waals surface area contributed by atoms with Crippen molar-refractivity contribution in [3.8, 4) is 22.3 Å². The Morgan fingerprint density at radius 2 is 0.618 bits per heavy atom. The molecule has 0 saturated heterocycles. The molecule has 0 atom stereocenters. The maximum Gasteiger partial charge on any atom is 0.0976 e. The monoisotopic (exact) mass is 869 g/mol. The number of hydrogen-bond donors (Lipinski definition) is 0. The molecule has 22 heteroatoms. The summed E-state index contributed by atoms with van der Waals surface area (Å²) in [5.41, 5.74) is 35.7. The molecule has 0 nitrogen and oxygen atoms in total. The van der Waals surface area contributed by atoms with Gasteiger partial charge >= 0.3 is 0 Å². The average Bonchev–Trinajstić information content (AvgIpc) is 3.27. The van der Waals surface area contributed by atoms with E-state index in [0.717, 1.165) is 14.1 Å². The lowest BCUT2D eigenvalue weighted by Gasteiger charge is -2.38. The molecule has 6 aromatic carbocycles. The average molecular weight is 865 g/mol. The van der Waals surface area contributed by atoms with Gasteiger partial charge in [-0.2, -0.15) is 0 Å². The predicted octanol–water partition coefficient (Wildman–Crippen LogP) is -5.22. The van der Waals surface area contributed by atoms with E-state index in [-0.39, 0.29) is 0 Å². The zero-order valence-corrected chi connectivity index (χ0v) is 49.0. The number of aryl methyl sites for hydroxylation is 6. The highest BCUT2D eigenvalue weighted by molar-refractivity contribution is 7.85. The topological polar surface area (TPSA) is 0 Å². The van der Waals surface area contributed by atoms with Crippen molar-refractivity contribution >= 4 is 213 Å². The van der Waals surface area contributed by atoms with Crippen LogP contribution < -0.4 is 21.9 Å².